The summed E-state index contributed by atoms with van der Waals surface area (Å²) in [5, 5.41) is 8.27. The molecular formula is C22H19ClN6O2S. The summed E-state index contributed by atoms with van der Waals surface area (Å²) >= 11 is 7.86. The second-order valence-corrected chi connectivity index (χ2v) is 8.90. The fourth-order valence-corrected chi connectivity index (χ4v) is 4.71. The molecule has 8 nitrogen and oxygen atoms in total. The molecule has 1 aliphatic rings. The minimum atomic E-state index is -0.528. The fourth-order valence-electron chi connectivity index (χ4n) is 3.81. The van der Waals surface area contributed by atoms with E-state index in [9.17, 15) is 9.59 Å². The van der Waals surface area contributed by atoms with Crippen molar-refractivity contribution in [3.8, 4) is 11.3 Å². The van der Waals surface area contributed by atoms with E-state index >= 15 is 0 Å². The molecule has 2 aromatic heterocycles. The molecule has 0 unspecified atom stereocenters. The Bertz CT molecular complexity index is 1380. The number of nitrogens with one attached hydrogen (secondary N) is 1. The Kier molecular flexibility index (Phi) is 5.07. The Balaban J connectivity index is 1.59. The van der Waals surface area contributed by atoms with Gasteiger partial charge in [-0.3, -0.25) is 9.48 Å². The Hall–Kier alpha value is -3.43. The zero-order valence-corrected chi connectivity index (χ0v) is 18.7. The summed E-state index contributed by atoms with van der Waals surface area (Å²) in [7, 11) is 0. The molecule has 2 aromatic carbocycles. The van der Waals surface area contributed by atoms with Gasteiger partial charge in [0.05, 0.1) is 40.1 Å². The number of hydrogen-bond donors (Lipinski definition) is 2. The number of amides is 3. The van der Waals surface area contributed by atoms with Gasteiger partial charge in [-0.15, -0.1) is 11.3 Å². The highest BCUT2D eigenvalue weighted by atomic mass is 35.5. The lowest BCUT2D eigenvalue weighted by atomic mass is 10.0. The van der Waals surface area contributed by atoms with Crippen molar-refractivity contribution in [2.45, 2.75) is 20.0 Å². The number of halogens is 1. The average molecular weight is 467 g/mol. The van der Waals surface area contributed by atoms with Crippen LogP contribution in [0.15, 0.2) is 41.9 Å². The summed E-state index contributed by atoms with van der Waals surface area (Å²) in [6.07, 6.45) is 0. The highest BCUT2D eigenvalue weighted by Crippen LogP contribution is 2.32. The largest absolute Gasteiger partial charge is 0.351 e. The maximum Gasteiger partial charge on any atom is 0.315 e. The van der Waals surface area contributed by atoms with Crippen molar-refractivity contribution in [1.29, 1.82) is 0 Å². The minimum absolute atomic E-state index is 0.207. The average Bonchev–Trinajstić information content (AvgIpc) is 3.39. The van der Waals surface area contributed by atoms with E-state index in [0.29, 0.717) is 40.8 Å². The smallest absolute Gasteiger partial charge is 0.315 e. The standard InChI is InChI=1S/C22H19ClN6O2S/c1-12-2-3-13(8-15(12)23)20-19(17-10-28(22(24)31)6-7-29(17)27-20)21(30)26-14-4-5-16-18(9-14)32-11-25-16/h2-5,8-9,11H,6-7,10H2,1H3,(H2,24,31)(H,26,30). The van der Waals surface area contributed by atoms with Gasteiger partial charge in [-0.1, -0.05) is 23.7 Å². The third-order valence-corrected chi connectivity index (χ3v) is 6.75. The van der Waals surface area contributed by atoms with Crippen LogP contribution in [0.4, 0.5) is 10.5 Å². The lowest BCUT2D eigenvalue weighted by Gasteiger charge is -2.26. The van der Waals surface area contributed by atoms with Gasteiger partial charge in [0.1, 0.15) is 5.69 Å². The number of rotatable bonds is 3. The maximum absolute atomic E-state index is 13.5. The molecule has 162 valence electrons. The molecule has 32 heavy (non-hydrogen) atoms. The van der Waals surface area contributed by atoms with E-state index in [0.717, 1.165) is 21.3 Å². The van der Waals surface area contributed by atoms with Gasteiger partial charge in [-0.2, -0.15) is 5.10 Å². The Labute approximate surface area is 192 Å². The van der Waals surface area contributed by atoms with Crippen LogP contribution < -0.4 is 11.1 Å². The van der Waals surface area contributed by atoms with Gasteiger partial charge >= 0.3 is 6.03 Å². The first kappa shape index (κ1) is 20.5. The molecule has 0 radical (unpaired) electrons. The number of hydrogen-bond acceptors (Lipinski definition) is 5. The lowest BCUT2D eigenvalue weighted by molar-refractivity contribution is 0.102. The number of carbonyl (C=O) groups excluding carboxylic acids is 2. The second-order valence-electron chi connectivity index (χ2n) is 7.61. The maximum atomic E-state index is 13.5. The molecule has 0 aliphatic carbocycles. The van der Waals surface area contributed by atoms with Crippen LogP contribution in [0.1, 0.15) is 21.6 Å². The number of aromatic nitrogens is 3. The summed E-state index contributed by atoms with van der Waals surface area (Å²) in [5.74, 6) is -0.312. The summed E-state index contributed by atoms with van der Waals surface area (Å²) in [5.41, 5.74) is 12.0. The van der Waals surface area contributed by atoms with Gasteiger partial charge < -0.3 is 16.0 Å². The van der Waals surface area contributed by atoms with Gasteiger partial charge in [0, 0.05) is 22.8 Å². The van der Waals surface area contributed by atoms with Crippen LogP contribution in [0.3, 0.4) is 0 Å². The van der Waals surface area contributed by atoms with E-state index in [-0.39, 0.29) is 12.5 Å². The predicted octanol–water partition coefficient (Wildman–Crippen LogP) is 4.27. The molecule has 0 bridgehead atoms. The van der Waals surface area contributed by atoms with Crippen LogP contribution in [-0.4, -0.2) is 38.1 Å². The van der Waals surface area contributed by atoms with Crippen molar-refractivity contribution >= 4 is 50.8 Å². The van der Waals surface area contributed by atoms with Crippen LogP contribution in [0.25, 0.3) is 21.5 Å². The van der Waals surface area contributed by atoms with Crippen molar-refractivity contribution in [3.63, 3.8) is 0 Å². The zero-order chi connectivity index (χ0) is 22.4. The SMILES string of the molecule is Cc1ccc(-c2nn3c(c2C(=O)Nc2ccc4ncsc4c2)CN(C(N)=O)CC3)cc1Cl. The first-order chi connectivity index (χ1) is 15.4. The first-order valence-corrected chi connectivity index (χ1v) is 11.2. The number of nitrogens with two attached hydrogens (primary N) is 1. The normalized spacial score (nSPS) is 13.2. The van der Waals surface area contributed by atoms with Crippen molar-refractivity contribution in [1.82, 2.24) is 19.7 Å². The first-order valence-electron chi connectivity index (χ1n) is 9.96. The number of nitrogens with zero attached hydrogens (tertiary/aromatic N) is 4. The van der Waals surface area contributed by atoms with Crippen molar-refractivity contribution < 1.29 is 9.59 Å². The molecule has 3 amide bonds. The van der Waals surface area contributed by atoms with Crippen LogP contribution in [0.5, 0.6) is 0 Å². The van der Waals surface area contributed by atoms with E-state index < -0.39 is 6.03 Å². The van der Waals surface area contributed by atoms with Gasteiger partial charge in [-0.05, 0) is 36.8 Å². The summed E-state index contributed by atoms with van der Waals surface area (Å²) in [4.78, 5) is 31.1. The molecule has 0 spiro atoms. The third kappa shape index (κ3) is 3.59. The van der Waals surface area contributed by atoms with E-state index in [4.69, 9.17) is 22.4 Å². The Morgan fingerprint density at radius 1 is 1.19 bits per heavy atom. The van der Waals surface area contributed by atoms with Crippen LogP contribution >= 0.6 is 22.9 Å². The molecule has 0 fully saturated rings. The van der Waals surface area contributed by atoms with Gasteiger partial charge in [0.2, 0.25) is 0 Å². The van der Waals surface area contributed by atoms with Crippen molar-refractivity contribution in [2.24, 2.45) is 5.73 Å². The number of primary amides is 1. The van der Waals surface area contributed by atoms with Crippen molar-refractivity contribution in [2.75, 3.05) is 11.9 Å². The van der Waals surface area contributed by atoms with Crippen LogP contribution in [-0.2, 0) is 13.1 Å². The van der Waals surface area contributed by atoms with E-state index in [1.165, 1.54) is 16.2 Å². The number of benzene rings is 2. The highest BCUT2D eigenvalue weighted by molar-refractivity contribution is 7.16. The number of anilines is 1. The molecular weight excluding hydrogens is 448 g/mol. The minimum Gasteiger partial charge on any atom is -0.351 e. The molecule has 0 saturated carbocycles. The Morgan fingerprint density at radius 2 is 2.03 bits per heavy atom. The van der Waals surface area contributed by atoms with Crippen LogP contribution in [0, 0.1) is 6.92 Å². The zero-order valence-electron chi connectivity index (χ0n) is 17.1. The highest BCUT2D eigenvalue weighted by Gasteiger charge is 2.30. The van der Waals surface area contributed by atoms with E-state index in [1.807, 2.05) is 37.3 Å². The fraction of sp³-hybridized carbons (Fsp3) is 0.182. The summed E-state index contributed by atoms with van der Waals surface area (Å²) in [6, 6.07) is 10.6. The van der Waals surface area contributed by atoms with E-state index in [2.05, 4.69) is 10.3 Å². The van der Waals surface area contributed by atoms with Gasteiger partial charge in [0.25, 0.3) is 5.91 Å². The van der Waals surface area contributed by atoms with Gasteiger partial charge in [0.15, 0.2) is 0 Å². The molecule has 5 rings (SSSR count). The van der Waals surface area contributed by atoms with Crippen molar-refractivity contribution in [3.05, 3.63) is 63.8 Å². The number of thiazole rings is 1. The third-order valence-electron chi connectivity index (χ3n) is 5.55. The quantitative estimate of drug-likeness (QED) is 0.470. The monoisotopic (exact) mass is 466 g/mol. The number of carbonyl (C=O) groups is 2. The van der Waals surface area contributed by atoms with E-state index in [1.54, 1.807) is 16.3 Å². The molecule has 4 aromatic rings. The predicted molar refractivity (Wildman–Crippen MR) is 125 cm³/mol. The Morgan fingerprint density at radius 3 is 2.81 bits per heavy atom. The molecule has 0 saturated heterocycles. The summed E-state index contributed by atoms with van der Waals surface area (Å²) in [6.45, 7) is 3.00. The number of aryl methyl sites for hydroxylation is 1. The second kappa shape index (κ2) is 7.92. The lowest BCUT2D eigenvalue weighted by Crippen LogP contribution is -2.42. The summed E-state index contributed by atoms with van der Waals surface area (Å²) < 4.78 is 2.74. The number of urea groups is 1. The molecule has 3 N–H and O–H groups in total. The topological polar surface area (TPSA) is 106 Å². The molecule has 10 heteroatoms. The molecule has 3 heterocycles. The molecule has 1 aliphatic heterocycles. The molecule has 0 atom stereocenters. The van der Waals surface area contributed by atoms with Crippen LogP contribution in [0.2, 0.25) is 5.02 Å². The van der Waals surface area contributed by atoms with Gasteiger partial charge in [-0.25, -0.2) is 9.78 Å². The number of fused-ring (bicyclic) bond motifs is 2.